The third-order valence-electron chi connectivity index (χ3n) is 5.10. The summed E-state index contributed by atoms with van der Waals surface area (Å²) in [5, 5.41) is 2.76. The number of halogens is 4. The number of alkyl halides is 3. The van der Waals surface area contributed by atoms with Crippen LogP contribution in [-0.2, 0) is 22.2 Å². The Bertz CT molecular complexity index is 1210. The Balaban J connectivity index is 1.64. The van der Waals surface area contributed by atoms with Gasteiger partial charge in [-0.15, -0.1) is 0 Å². The van der Waals surface area contributed by atoms with Gasteiger partial charge in [-0.3, -0.25) is 9.59 Å². The van der Waals surface area contributed by atoms with Crippen molar-refractivity contribution in [2.75, 3.05) is 16.8 Å². The van der Waals surface area contributed by atoms with Gasteiger partial charge in [-0.05, 0) is 48.4 Å². The molecule has 0 atom stereocenters. The molecule has 1 aromatic heterocycles. The number of aryl methyl sites for hydroxylation is 1. The predicted octanol–water partition coefficient (Wildman–Crippen LogP) is 5.26. The van der Waals surface area contributed by atoms with Gasteiger partial charge in [-0.1, -0.05) is 35.9 Å². The fourth-order valence-corrected chi connectivity index (χ4v) is 3.98. The van der Waals surface area contributed by atoms with E-state index in [1.165, 1.54) is 17.0 Å². The van der Waals surface area contributed by atoms with E-state index in [1.807, 2.05) is 24.3 Å². The number of anilines is 2. The molecule has 0 bridgehead atoms. The molecule has 1 N–H and O–H groups in total. The molecule has 9 heteroatoms. The quantitative estimate of drug-likeness (QED) is 0.544. The van der Waals surface area contributed by atoms with Crippen molar-refractivity contribution < 1.29 is 22.8 Å². The number of hydrogen-bond donors (Lipinski definition) is 1. The monoisotopic (exact) mass is 459 g/mol. The second kappa shape index (κ2) is 8.27. The molecule has 4 rings (SSSR count). The Hall–Kier alpha value is -3.39. The van der Waals surface area contributed by atoms with Crippen LogP contribution in [0.5, 0.6) is 0 Å². The van der Waals surface area contributed by atoms with Crippen molar-refractivity contribution in [3.05, 3.63) is 76.6 Å². The molecule has 0 unspecified atom stereocenters. The van der Waals surface area contributed by atoms with E-state index in [4.69, 9.17) is 11.6 Å². The number of pyridine rings is 1. The van der Waals surface area contributed by atoms with Crippen molar-refractivity contribution in [1.82, 2.24) is 4.98 Å². The van der Waals surface area contributed by atoms with E-state index >= 15 is 0 Å². The molecule has 0 fully saturated rings. The maximum absolute atomic E-state index is 13.1. The first kappa shape index (κ1) is 21.8. The summed E-state index contributed by atoms with van der Waals surface area (Å²) in [5.74, 6) is -0.860. The van der Waals surface area contributed by atoms with Gasteiger partial charge in [0.15, 0.2) is 0 Å². The van der Waals surface area contributed by atoms with Crippen LogP contribution < -0.4 is 10.2 Å². The lowest BCUT2D eigenvalue weighted by atomic mass is 9.99. The molecule has 1 aliphatic heterocycles. The standard InChI is InChI=1S/C23H17ClF3N3O2/c1-13-10-18-21(22(24)28-13)17-5-3-2-4-14(17)11-20(32)30(18)12-19(31)29-16-8-6-15(7-9-16)23(25,26)27/h2-10H,11-12H2,1H3,(H,29,31). The van der Waals surface area contributed by atoms with Crippen LogP contribution in [-0.4, -0.2) is 23.3 Å². The Labute approximate surface area is 186 Å². The molecule has 32 heavy (non-hydrogen) atoms. The summed E-state index contributed by atoms with van der Waals surface area (Å²) >= 11 is 6.44. The summed E-state index contributed by atoms with van der Waals surface area (Å²) in [4.78, 5) is 31.4. The number of fused-ring (bicyclic) bond motifs is 3. The number of carbonyl (C=O) groups is 2. The molecular weight excluding hydrogens is 443 g/mol. The zero-order valence-electron chi connectivity index (χ0n) is 16.8. The normalized spacial score (nSPS) is 13.3. The second-order valence-corrected chi connectivity index (χ2v) is 7.74. The van der Waals surface area contributed by atoms with Gasteiger partial charge in [0, 0.05) is 16.9 Å². The third-order valence-corrected chi connectivity index (χ3v) is 5.37. The summed E-state index contributed by atoms with van der Waals surface area (Å²) in [6.45, 7) is 1.40. The minimum absolute atomic E-state index is 0.0633. The van der Waals surface area contributed by atoms with E-state index in [0.717, 1.165) is 23.3 Å². The molecule has 164 valence electrons. The van der Waals surface area contributed by atoms with E-state index in [2.05, 4.69) is 10.3 Å². The van der Waals surface area contributed by atoms with Crippen molar-refractivity contribution in [2.24, 2.45) is 0 Å². The number of nitrogens with one attached hydrogen (secondary N) is 1. The predicted molar refractivity (Wildman–Crippen MR) is 116 cm³/mol. The van der Waals surface area contributed by atoms with Crippen LogP contribution >= 0.6 is 11.6 Å². The summed E-state index contributed by atoms with van der Waals surface area (Å²) in [7, 11) is 0. The number of nitrogens with zero attached hydrogens (tertiary/aromatic N) is 2. The molecule has 2 amide bonds. The number of amides is 2. The van der Waals surface area contributed by atoms with Crippen molar-refractivity contribution >= 4 is 34.8 Å². The Morgan fingerprint density at radius 2 is 1.84 bits per heavy atom. The maximum atomic E-state index is 13.1. The van der Waals surface area contributed by atoms with Crippen LogP contribution in [0.3, 0.4) is 0 Å². The van der Waals surface area contributed by atoms with E-state index in [0.29, 0.717) is 16.9 Å². The number of aromatic nitrogens is 1. The molecule has 2 aromatic carbocycles. The van der Waals surface area contributed by atoms with Gasteiger partial charge in [0.05, 0.1) is 17.7 Å². The van der Waals surface area contributed by atoms with Crippen molar-refractivity contribution in [1.29, 1.82) is 0 Å². The molecule has 0 saturated heterocycles. The Kier molecular flexibility index (Phi) is 5.64. The van der Waals surface area contributed by atoms with Gasteiger partial charge in [0.2, 0.25) is 11.8 Å². The lowest BCUT2D eigenvalue weighted by molar-refractivity contribution is -0.137. The van der Waals surface area contributed by atoms with E-state index in [1.54, 1.807) is 13.0 Å². The molecule has 0 aliphatic carbocycles. The van der Waals surface area contributed by atoms with Crippen molar-refractivity contribution in [3.63, 3.8) is 0 Å². The van der Waals surface area contributed by atoms with Crippen LogP contribution in [0.1, 0.15) is 16.8 Å². The summed E-state index contributed by atoms with van der Waals surface area (Å²) < 4.78 is 38.2. The van der Waals surface area contributed by atoms with Gasteiger partial charge in [-0.2, -0.15) is 13.2 Å². The fraction of sp³-hybridized carbons (Fsp3) is 0.174. The maximum Gasteiger partial charge on any atom is 0.416 e. The van der Waals surface area contributed by atoms with E-state index < -0.39 is 17.6 Å². The van der Waals surface area contributed by atoms with E-state index in [9.17, 15) is 22.8 Å². The van der Waals surface area contributed by atoms with Gasteiger partial charge in [-0.25, -0.2) is 4.98 Å². The molecule has 1 aliphatic rings. The smallest absolute Gasteiger partial charge is 0.325 e. The Morgan fingerprint density at radius 3 is 2.53 bits per heavy atom. The van der Waals surface area contributed by atoms with Crippen molar-refractivity contribution in [2.45, 2.75) is 19.5 Å². The lowest BCUT2D eigenvalue weighted by Crippen LogP contribution is -2.38. The van der Waals surface area contributed by atoms with Crippen molar-refractivity contribution in [3.8, 4) is 11.1 Å². The summed E-state index contributed by atoms with van der Waals surface area (Å²) in [6, 6.07) is 13.1. The van der Waals surface area contributed by atoms with Gasteiger partial charge >= 0.3 is 6.18 Å². The molecular formula is C23H17ClF3N3O2. The summed E-state index contributed by atoms with van der Waals surface area (Å²) in [6.07, 6.45) is -4.40. The zero-order chi connectivity index (χ0) is 23.0. The molecule has 2 heterocycles. The van der Waals surface area contributed by atoms with E-state index in [-0.39, 0.29) is 29.7 Å². The SMILES string of the molecule is Cc1cc2c(c(Cl)n1)-c1ccccc1CC(=O)N2CC(=O)Nc1ccc(C(F)(F)F)cc1. The number of carbonyl (C=O) groups excluding carboxylic acids is 2. The first-order chi connectivity index (χ1) is 15.1. The minimum Gasteiger partial charge on any atom is -0.325 e. The highest BCUT2D eigenvalue weighted by Crippen LogP contribution is 2.41. The highest BCUT2D eigenvalue weighted by Gasteiger charge is 2.31. The zero-order valence-corrected chi connectivity index (χ0v) is 17.6. The molecule has 5 nitrogen and oxygen atoms in total. The first-order valence-electron chi connectivity index (χ1n) is 9.66. The molecule has 3 aromatic rings. The van der Waals surface area contributed by atoms with Crippen LogP contribution in [0.15, 0.2) is 54.6 Å². The second-order valence-electron chi connectivity index (χ2n) is 7.39. The molecule has 0 radical (unpaired) electrons. The largest absolute Gasteiger partial charge is 0.416 e. The third kappa shape index (κ3) is 4.31. The number of benzene rings is 2. The molecule has 0 spiro atoms. The minimum atomic E-state index is -4.47. The topological polar surface area (TPSA) is 62.3 Å². The highest BCUT2D eigenvalue weighted by atomic mass is 35.5. The molecule has 0 saturated carbocycles. The first-order valence-corrected chi connectivity index (χ1v) is 10.0. The van der Waals surface area contributed by atoms with Gasteiger partial charge < -0.3 is 10.2 Å². The fourth-order valence-electron chi connectivity index (χ4n) is 3.65. The number of hydrogen-bond acceptors (Lipinski definition) is 3. The Morgan fingerprint density at radius 1 is 1.16 bits per heavy atom. The number of rotatable bonds is 3. The van der Waals surface area contributed by atoms with Gasteiger partial charge in [0.1, 0.15) is 11.7 Å². The van der Waals surface area contributed by atoms with Crippen LogP contribution in [0.2, 0.25) is 5.15 Å². The highest BCUT2D eigenvalue weighted by molar-refractivity contribution is 6.33. The van der Waals surface area contributed by atoms with Gasteiger partial charge in [0.25, 0.3) is 0 Å². The average Bonchev–Trinajstić information content (AvgIpc) is 2.82. The lowest BCUT2D eigenvalue weighted by Gasteiger charge is -2.23. The average molecular weight is 460 g/mol. The van der Waals surface area contributed by atoms with Crippen LogP contribution in [0.4, 0.5) is 24.5 Å². The van der Waals surface area contributed by atoms with Crippen LogP contribution in [0, 0.1) is 6.92 Å². The van der Waals surface area contributed by atoms with Crippen LogP contribution in [0.25, 0.3) is 11.1 Å². The summed E-state index contributed by atoms with van der Waals surface area (Å²) in [5.41, 5.74) is 2.49.